The quantitative estimate of drug-likeness (QED) is 0.762. The molecule has 1 aliphatic rings. The summed E-state index contributed by atoms with van der Waals surface area (Å²) in [6.07, 6.45) is 2.45. The van der Waals surface area contributed by atoms with Crippen molar-refractivity contribution in [3.8, 4) is 0 Å². The molecule has 6 heteroatoms. The summed E-state index contributed by atoms with van der Waals surface area (Å²) in [7, 11) is -2.98. The van der Waals surface area contributed by atoms with Crippen molar-refractivity contribution in [2.24, 2.45) is 17.6 Å². The lowest BCUT2D eigenvalue weighted by Crippen LogP contribution is -2.47. The number of carbonyl (C=O) groups excluding carboxylic acids is 1. The molecule has 2 unspecified atom stereocenters. The Kier molecular flexibility index (Phi) is 6.45. The van der Waals surface area contributed by atoms with E-state index in [1.54, 1.807) is 4.90 Å². The van der Waals surface area contributed by atoms with Crippen molar-refractivity contribution in [3.05, 3.63) is 0 Å². The summed E-state index contributed by atoms with van der Waals surface area (Å²) in [6, 6.07) is -0.160. The standard InChI is InChI=1S/C14H28N2O3S/c1-4-5-7-16(12-6-8-20(18,19)10-12)14(17)13(9-15)11(2)3/h11-13H,4-10,15H2,1-3H3. The van der Waals surface area contributed by atoms with Crippen LogP contribution in [-0.4, -0.2) is 49.9 Å². The zero-order chi connectivity index (χ0) is 15.3. The van der Waals surface area contributed by atoms with Gasteiger partial charge in [-0.25, -0.2) is 8.42 Å². The highest BCUT2D eigenvalue weighted by atomic mass is 32.2. The van der Waals surface area contributed by atoms with Gasteiger partial charge in [0.1, 0.15) is 0 Å². The molecule has 0 aromatic heterocycles. The Labute approximate surface area is 122 Å². The third-order valence-corrected chi connectivity index (χ3v) is 5.81. The van der Waals surface area contributed by atoms with Gasteiger partial charge < -0.3 is 10.6 Å². The topological polar surface area (TPSA) is 80.5 Å². The second-order valence-electron chi connectivity index (χ2n) is 6.03. The first-order valence-corrected chi connectivity index (χ1v) is 9.35. The number of carbonyl (C=O) groups is 1. The van der Waals surface area contributed by atoms with E-state index in [1.165, 1.54) is 0 Å². The number of hydrogen-bond donors (Lipinski definition) is 1. The molecule has 118 valence electrons. The molecule has 2 N–H and O–H groups in total. The van der Waals surface area contributed by atoms with E-state index in [0.29, 0.717) is 19.5 Å². The minimum absolute atomic E-state index is 0.0260. The Bertz CT molecular complexity index is 420. The van der Waals surface area contributed by atoms with Crippen LogP contribution in [0.2, 0.25) is 0 Å². The Hall–Kier alpha value is -0.620. The smallest absolute Gasteiger partial charge is 0.227 e. The summed E-state index contributed by atoms with van der Waals surface area (Å²) < 4.78 is 23.3. The van der Waals surface area contributed by atoms with Gasteiger partial charge in [0, 0.05) is 19.1 Å². The molecule has 20 heavy (non-hydrogen) atoms. The predicted octanol–water partition coefficient (Wildman–Crippen LogP) is 1.03. The van der Waals surface area contributed by atoms with Crippen LogP contribution in [0.4, 0.5) is 0 Å². The highest BCUT2D eigenvalue weighted by molar-refractivity contribution is 7.91. The number of rotatable bonds is 7. The molecule has 0 radical (unpaired) electrons. The molecular formula is C14H28N2O3S. The molecule has 1 aliphatic heterocycles. The summed E-state index contributed by atoms with van der Waals surface area (Å²) in [5.74, 6) is 0.295. The Morgan fingerprint density at radius 1 is 1.40 bits per heavy atom. The van der Waals surface area contributed by atoms with Crippen LogP contribution in [0.15, 0.2) is 0 Å². The zero-order valence-electron chi connectivity index (χ0n) is 12.8. The minimum Gasteiger partial charge on any atom is -0.338 e. The first kappa shape index (κ1) is 17.4. The van der Waals surface area contributed by atoms with Crippen LogP contribution >= 0.6 is 0 Å². The van der Waals surface area contributed by atoms with E-state index >= 15 is 0 Å². The van der Waals surface area contributed by atoms with Crippen LogP contribution in [0, 0.1) is 11.8 Å². The third kappa shape index (κ3) is 4.45. The fraction of sp³-hybridized carbons (Fsp3) is 0.929. The third-order valence-electron chi connectivity index (χ3n) is 4.06. The maximum Gasteiger partial charge on any atom is 0.227 e. The number of amides is 1. The molecule has 0 bridgehead atoms. The van der Waals surface area contributed by atoms with Crippen molar-refractivity contribution in [2.45, 2.75) is 46.1 Å². The normalized spacial score (nSPS) is 22.9. The summed E-state index contributed by atoms with van der Waals surface area (Å²) in [5.41, 5.74) is 5.73. The van der Waals surface area contributed by atoms with E-state index in [1.807, 2.05) is 13.8 Å². The molecule has 1 rings (SSSR count). The van der Waals surface area contributed by atoms with Crippen molar-refractivity contribution in [1.82, 2.24) is 4.90 Å². The molecular weight excluding hydrogens is 276 g/mol. The number of sulfone groups is 1. The number of nitrogens with zero attached hydrogens (tertiary/aromatic N) is 1. The molecule has 1 fully saturated rings. The molecule has 0 spiro atoms. The Morgan fingerprint density at radius 2 is 2.05 bits per heavy atom. The van der Waals surface area contributed by atoms with Gasteiger partial charge in [0.25, 0.3) is 0 Å². The summed E-state index contributed by atoms with van der Waals surface area (Å²) in [4.78, 5) is 14.5. The molecule has 2 atom stereocenters. The van der Waals surface area contributed by atoms with E-state index < -0.39 is 9.84 Å². The highest BCUT2D eigenvalue weighted by Gasteiger charge is 2.36. The second-order valence-corrected chi connectivity index (χ2v) is 8.26. The van der Waals surface area contributed by atoms with Gasteiger partial charge >= 0.3 is 0 Å². The molecule has 0 aromatic rings. The lowest BCUT2D eigenvalue weighted by atomic mass is 9.93. The van der Waals surface area contributed by atoms with Gasteiger partial charge in [0.05, 0.1) is 17.4 Å². The number of unbranched alkanes of at least 4 members (excludes halogenated alkanes) is 1. The SMILES string of the molecule is CCCCN(C(=O)C(CN)C(C)C)C1CCS(=O)(=O)C1. The first-order chi connectivity index (χ1) is 9.32. The lowest BCUT2D eigenvalue weighted by Gasteiger charge is -2.32. The van der Waals surface area contributed by atoms with Crippen molar-refractivity contribution >= 4 is 15.7 Å². The fourth-order valence-corrected chi connectivity index (χ4v) is 4.42. The van der Waals surface area contributed by atoms with Crippen molar-refractivity contribution in [3.63, 3.8) is 0 Å². The van der Waals surface area contributed by atoms with Gasteiger partial charge in [-0.05, 0) is 18.8 Å². The average molecular weight is 304 g/mol. The zero-order valence-corrected chi connectivity index (χ0v) is 13.7. The van der Waals surface area contributed by atoms with E-state index in [2.05, 4.69) is 6.92 Å². The fourth-order valence-electron chi connectivity index (χ4n) is 2.69. The van der Waals surface area contributed by atoms with Crippen LogP contribution in [-0.2, 0) is 14.6 Å². The Balaban J connectivity index is 2.86. The van der Waals surface area contributed by atoms with E-state index in [4.69, 9.17) is 5.73 Å². The van der Waals surface area contributed by atoms with Gasteiger partial charge in [-0.15, -0.1) is 0 Å². The lowest BCUT2D eigenvalue weighted by molar-refractivity contribution is -0.138. The maximum atomic E-state index is 12.7. The predicted molar refractivity (Wildman–Crippen MR) is 81.1 cm³/mol. The van der Waals surface area contributed by atoms with E-state index in [0.717, 1.165) is 12.8 Å². The molecule has 1 heterocycles. The van der Waals surface area contributed by atoms with Crippen LogP contribution in [0.25, 0.3) is 0 Å². The molecule has 0 aliphatic carbocycles. The van der Waals surface area contributed by atoms with Gasteiger partial charge in [-0.2, -0.15) is 0 Å². The van der Waals surface area contributed by atoms with Gasteiger partial charge in [0.2, 0.25) is 5.91 Å². The van der Waals surface area contributed by atoms with Gasteiger partial charge in [-0.3, -0.25) is 4.79 Å². The van der Waals surface area contributed by atoms with Gasteiger partial charge in [-0.1, -0.05) is 27.2 Å². The summed E-state index contributed by atoms with van der Waals surface area (Å²) in [5, 5.41) is 0. The van der Waals surface area contributed by atoms with Crippen LogP contribution in [0.5, 0.6) is 0 Å². The van der Waals surface area contributed by atoms with Crippen molar-refractivity contribution in [1.29, 1.82) is 0 Å². The van der Waals surface area contributed by atoms with Gasteiger partial charge in [0.15, 0.2) is 9.84 Å². The second kappa shape index (κ2) is 7.41. The monoisotopic (exact) mass is 304 g/mol. The van der Waals surface area contributed by atoms with Crippen LogP contribution < -0.4 is 5.73 Å². The molecule has 1 saturated heterocycles. The summed E-state index contributed by atoms with van der Waals surface area (Å²) in [6.45, 7) is 6.99. The molecule has 5 nitrogen and oxygen atoms in total. The number of hydrogen-bond acceptors (Lipinski definition) is 4. The molecule has 0 saturated carbocycles. The van der Waals surface area contributed by atoms with Crippen molar-refractivity contribution < 1.29 is 13.2 Å². The largest absolute Gasteiger partial charge is 0.338 e. The first-order valence-electron chi connectivity index (χ1n) is 7.53. The Morgan fingerprint density at radius 3 is 2.45 bits per heavy atom. The molecule has 0 aromatic carbocycles. The van der Waals surface area contributed by atoms with Crippen LogP contribution in [0.3, 0.4) is 0 Å². The van der Waals surface area contributed by atoms with Crippen LogP contribution in [0.1, 0.15) is 40.0 Å². The maximum absolute atomic E-state index is 12.7. The minimum atomic E-state index is -2.98. The van der Waals surface area contributed by atoms with E-state index in [-0.39, 0.29) is 35.3 Å². The summed E-state index contributed by atoms with van der Waals surface area (Å²) >= 11 is 0. The van der Waals surface area contributed by atoms with Crippen molar-refractivity contribution in [2.75, 3.05) is 24.6 Å². The highest BCUT2D eigenvalue weighted by Crippen LogP contribution is 2.22. The molecule has 1 amide bonds. The number of nitrogens with two attached hydrogens (primary N) is 1. The average Bonchev–Trinajstić information content (AvgIpc) is 2.70. The van der Waals surface area contributed by atoms with E-state index in [9.17, 15) is 13.2 Å².